The van der Waals surface area contributed by atoms with Crippen LogP contribution in [0.4, 0.5) is 0 Å². The summed E-state index contributed by atoms with van der Waals surface area (Å²) in [5.41, 5.74) is 6.33. The van der Waals surface area contributed by atoms with Crippen molar-refractivity contribution < 1.29 is 4.79 Å². The minimum Gasteiger partial charge on any atom is -0.370 e. The molecule has 16 heavy (non-hydrogen) atoms. The zero-order valence-corrected chi connectivity index (χ0v) is 11.1. The molecule has 3 nitrogen and oxygen atoms in total. The molecule has 4 heteroatoms. The summed E-state index contributed by atoms with van der Waals surface area (Å²) in [6.45, 7) is 4.03. The molecule has 88 valence electrons. The summed E-state index contributed by atoms with van der Waals surface area (Å²) in [4.78, 5) is 10.8. The van der Waals surface area contributed by atoms with Gasteiger partial charge in [0.25, 0.3) is 0 Å². The molecule has 0 spiro atoms. The van der Waals surface area contributed by atoms with Crippen LogP contribution in [0.15, 0.2) is 28.7 Å². The fourth-order valence-corrected chi connectivity index (χ4v) is 2.08. The van der Waals surface area contributed by atoms with Crippen LogP contribution in [0.1, 0.15) is 31.9 Å². The Morgan fingerprint density at radius 1 is 1.50 bits per heavy atom. The summed E-state index contributed by atoms with van der Waals surface area (Å²) in [6, 6.07) is 8.39. The molecule has 0 aliphatic heterocycles. The Bertz CT molecular complexity index is 368. The first kappa shape index (κ1) is 13.2. The number of nitrogens with one attached hydrogen (secondary N) is 1. The summed E-state index contributed by atoms with van der Waals surface area (Å²) in [5, 5.41) is 3.33. The second-order valence-electron chi connectivity index (χ2n) is 4.01. The third-order valence-corrected chi connectivity index (χ3v) is 2.88. The third-order valence-electron chi connectivity index (χ3n) is 2.39. The van der Waals surface area contributed by atoms with Crippen LogP contribution in [0.2, 0.25) is 0 Å². The van der Waals surface area contributed by atoms with Crippen molar-refractivity contribution in [2.75, 3.05) is 0 Å². The first-order valence-electron chi connectivity index (χ1n) is 5.29. The van der Waals surface area contributed by atoms with Crippen molar-refractivity contribution in [2.24, 2.45) is 5.73 Å². The van der Waals surface area contributed by atoms with E-state index in [0.717, 1.165) is 4.47 Å². The molecule has 0 aromatic heterocycles. The molecule has 3 N–H and O–H groups in total. The van der Waals surface area contributed by atoms with Crippen LogP contribution in [0.5, 0.6) is 0 Å². The van der Waals surface area contributed by atoms with Gasteiger partial charge in [-0.05, 0) is 31.5 Å². The summed E-state index contributed by atoms with van der Waals surface area (Å²) < 4.78 is 1.06. The Labute approximate surface area is 105 Å². The summed E-state index contributed by atoms with van der Waals surface area (Å²) in [5.74, 6) is -0.276. The summed E-state index contributed by atoms with van der Waals surface area (Å²) in [7, 11) is 0. The lowest BCUT2D eigenvalue weighted by atomic mass is 10.1. The van der Waals surface area contributed by atoms with Crippen LogP contribution in [-0.4, -0.2) is 11.9 Å². The maximum Gasteiger partial charge on any atom is 0.218 e. The van der Waals surface area contributed by atoms with Crippen molar-refractivity contribution in [2.45, 2.75) is 32.4 Å². The Kier molecular flexibility index (Phi) is 4.96. The molecule has 0 bridgehead atoms. The maximum atomic E-state index is 10.8. The zero-order chi connectivity index (χ0) is 12.1. The molecule has 1 rings (SSSR count). The van der Waals surface area contributed by atoms with Crippen LogP contribution in [-0.2, 0) is 4.79 Å². The van der Waals surface area contributed by atoms with Crippen molar-refractivity contribution in [1.29, 1.82) is 0 Å². The predicted molar refractivity (Wildman–Crippen MR) is 69.0 cm³/mol. The highest BCUT2D eigenvalue weighted by molar-refractivity contribution is 9.10. The van der Waals surface area contributed by atoms with Gasteiger partial charge in [-0.15, -0.1) is 0 Å². The minimum absolute atomic E-state index is 0.0893. The molecular weight excluding hydrogens is 268 g/mol. The number of hydrogen-bond donors (Lipinski definition) is 2. The van der Waals surface area contributed by atoms with E-state index in [1.165, 1.54) is 5.56 Å². The SMILES string of the molecule is C[C@H](CC(N)=O)N[C@@H](C)c1cccc(Br)c1. The minimum atomic E-state index is -0.276. The molecule has 0 saturated carbocycles. The molecule has 0 aliphatic rings. The summed E-state index contributed by atoms with van der Waals surface area (Å²) in [6.07, 6.45) is 0.359. The summed E-state index contributed by atoms with van der Waals surface area (Å²) >= 11 is 3.44. The Hall–Kier alpha value is -0.870. The normalized spacial score (nSPS) is 14.4. The fourth-order valence-electron chi connectivity index (χ4n) is 1.66. The third kappa shape index (κ3) is 4.33. The standard InChI is InChI=1S/C12H17BrN2O/c1-8(6-12(14)16)15-9(2)10-4-3-5-11(13)7-10/h3-5,7-9,15H,6H2,1-2H3,(H2,14,16)/t8-,9+/m1/s1. The second kappa shape index (κ2) is 6.01. The lowest BCUT2D eigenvalue weighted by Gasteiger charge is -2.19. The molecular formula is C12H17BrN2O. The zero-order valence-electron chi connectivity index (χ0n) is 9.53. The number of carbonyl (C=O) groups excluding carboxylic acids is 1. The van der Waals surface area contributed by atoms with E-state index >= 15 is 0 Å². The average molecular weight is 285 g/mol. The first-order valence-corrected chi connectivity index (χ1v) is 6.08. The van der Waals surface area contributed by atoms with Gasteiger partial charge in [0.2, 0.25) is 5.91 Å². The largest absolute Gasteiger partial charge is 0.370 e. The number of hydrogen-bond acceptors (Lipinski definition) is 2. The molecule has 2 atom stereocenters. The smallest absolute Gasteiger partial charge is 0.218 e. The second-order valence-corrected chi connectivity index (χ2v) is 4.93. The maximum absolute atomic E-state index is 10.8. The van der Waals surface area contributed by atoms with Gasteiger partial charge in [0.1, 0.15) is 0 Å². The van der Waals surface area contributed by atoms with Gasteiger partial charge in [-0.2, -0.15) is 0 Å². The van der Waals surface area contributed by atoms with Crippen LogP contribution in [0, 0.1) is 0 Å². The molecule has 0 radical (unpaired) electrons. The van der Waals surface area contributed by atoms with E-state index in [4.69, 9.17) is 5.73 Å². The van der Waals surface area contributed by atoms with E-state index in [2.05, 4.69) is 40.3 Å². The van der Waals surface area contributed by atoms with E-state index in [0.29, 0.717) is 6.42 Å². The van der Waals surface area contributed by atoms with Crippen molar-refractivity contribution in [1.82, 2.24) is 5.32 Å². The monoisotopic (exact) mass is 284 g/mol. The first-order chi connectivity index (χ1) is 7.49. The lowest BCUT2D eigenvalue weighted by Crippen LogP contribution is -2.32. The van der Waals surface area contributed by atoms with Gasteiger partial charge in [0.05, 0.1) is 0 Å². The Morgan fingerprint density at radius 3 is 2.75 bits per heavy atom. The molecule has 0 aliphatic carbocycles. The molecule has 1 amide bonds. The van der Waals surface area contributed by atoms with Gasteiger partial charge in [-0.3, -0.25) is 4.79 Å². The lowest BCUT2D eigenvalue weighted by molar-refractivity contribution is -0.118. The van der Waals surface area contributed by atoms with E-state index in [1.54, 1.807) is 0 Å². The number of rotatable bonds is 5. The van der Waals surface area contributed by atoms with Crippen molar-refractivity contribution in [3.63, 3.8) is 0 Å². The number of primary amides is 1. The van der Waals surface area contributed by atoms with Gasteiger partial charge in [0, 0.05) is 23.0 Å². The van der Waals surface area contributed by atoms with Gasteiger partial charge >= 0.3 is 0 Å². The quantitative estimate of drug-likeness (QED) is 0.872. The molecule has 0 saturated heterocycles. The number of amides is 1. The van der Waals surface area contributed by atoms with Crippen molar-refractivity contribution >= 4 is 21.8 Å². The number of benzene rings is 1. The molecule has 1 aromatic carbocycles. The highest BCUT2D eigenvalue weighted by Crippen LogP contribution is 2.18. The fraction of sp³-hybridized carbons (Fsp3) is 0.417. The van der Waals surface area contributed by atoms with E-state index < -0.39 is 0 Å². The van der Waals surface area contributed by atoms with E-state index in [9.17, 15) is 4.79 Å². The molecule has 0 fully saturated rings. The topological polar surface area (TPSA) is 55.1 Å². The van der Waals surface area contributed by atoms with Gasteiger partial charge in [-0.1, -0.05) is 28.1 Å². The Balaban J connectivity index is 2.58. The number of carbonyl (C=O) groups is 1. The van der Waals surface area contributed by atoms with Crippen LogP contribution in [0.25, 0.3) is 0 Å². The van der Waals surface area contributed by atoms with Gasteiger partial charge in [0.15, 0.2) is 0 Å². The van der Waals surface area contributed by atoms with Crippen molar-refractivity contribution in [3.05, 3.63) is 34.3 Å². The van der Waals surface area contributed by atoms with Crippen LogP contribution in [0.3, 0.4) is 0 Å². The highest BCUT2D eigenvalue weighted by atomic mass is 79.9. The van der Waals surface area contributed by atoms with Crippen molar-refractivity contribution in [3.8, 4) is 0 Å². The van der Waals surface area contributed by atoms with E-state index in [1.807, 2.05) is 19.1 Å². The predicted octanol–water partition coefficient (Wildman–Crippen LogP) is 2.36. The average Bonchev–Trinajstić information content (AvgIpc) is 2.16. The van der Waals surface area contributed by atoms with E-state index in [-0.39, 0.29) is 18.0 Å². The molecule has 0 unspecified atom stereocenters. The number of nitrogens with two attached hydrogens (primary N) is 1. The van der Waals surface area contributed by atoms with Crippen LogP contribution < -0.4 is 11.1 Å². The van der Waals surface area contributed by atoms with Crippen LogP contribution >= 0.6 is 15.9 Å². The Morgan fingerprint density at radius 2 is 2.19 bits per heavy atom. The molecule has 1 aromatic rings. The molecule has 0 heterocycles. The highest BCUT2D eigenvalue weighted by Gasteiger charge is 2.11. The van der Waals surface area contributed by atoms with Gasteiger partial charge in [-0.25, -0.2) is 0 Å². The van der Waals surface area contributed by atoms with Gasteiger partial charge < -0.3 is 11.1 Å². The number of halogens is 1.